The Hall–Kier alpha value is -0.550. The molecule has 0 bridgehead atoms. The Morgan fingerprint density at radius 3 is 2.75 bits per heavy atom. The van der Waals surface area contributed by atoms with Crippen molar-refractivity contribution in [3.63, 3.8) is 0 Å². The van der Waals surface area contributed by atoms with E-state index in [0.29, 0.717) is 5.92 Å². The topological polar surface area (TPSA) is 61.7 Å². The number of amides is 1. The molecule has 2 N–H and O–H groups in total. The van der Waals surface area contributed by atoms with E-state index in [9.17, 15) is 9.90 Å². The Kier molecular flexibility index (Phi) is 4.80. The molecule has 20 heavy (non-hydrogen) atoms. The lowest BCUT2D eigenvalue weighted by Crippen LogP contribution is -2.36. The monoisotopic (exact) mass is 298 g/mol. The number of aliphatic imine (C=N–C) groups is 1. The van der Waals surface area contributed by atoms with Crippen LogP contribution in [-0.2, 0) is 4.79 Å². The van der Waals surface area contributed by atoms with Gasteiger partial charge in [-0.05, 0) is 38.0 Å². The van der Waals surface area contributed by atoms with Gasteiger partial charge < -0.3 is 10.4 Å². The van der Waals surface area contributed by atoms with Gasteiger partial charge in [-0.2, -0.15) is 0 Å². The third kappa shape index (κ3) is 3.19. The first-order valence-electron chi connectivity index (χ1n) is 7.62. The van der Waals surface area contributed by atoms with Crippen LogP contribution >= 0.6 is 11.8 Å². The Balaban J connectivity index is 2.07. The molecule has 5 atom stereocenters. The molecule has 1 saturated heterocycles. The molecule has 0 aromatic rings. The molecular weight excluding hydrogens is 272 g/mol. The van der Waals surface area contributed by atoms with E-state index >= 15 is 0 Å². The number of carbonyl (C=O) groups is 1. The summed E-state index contributed by atoms with van der Waals surface area (Å²) in [5.74, 6) is 0.730. The number of hydrogen-bond acceptors (Lipinski definition) is 4. The van der Waals surface area contributed by atoms with Crippen molar-refractivity contribution >= 4 is 22.8 Å². The molecule has 4 nitrogen and oxygen atoms in total. The quantitative estimate of drug-likeness (QED) is 0.842. The summed E-state index contributed by atoms with van der Waals surface area (Å²) in [6, 6.07) is 0.208. The molecule has 0 spiro atoms. The number of amidine groups is 1. The molecule has 1 aliphatic heterocycles. The lowest BCUT2D eigenvalue weighted by atomic mass is 9.78. The van der Waals surface area contributed by atoms with Gasteiger partial charge in [0.2, 0.25) is 5.91 Å². The highest BCUT2D eigenvalue weighted by molar-refractivity contribution is 8.16. The van der Waals surface area contributed by atoms with Crippen LogP contribution in [0.5, 0.6) is 0 Å². The zero-order valence-corrected chi connectivity index (χ0v) is 13.7. The van der Waals surface area contributed by atoms with E-state index in [4.69, 9.17) is 4.99 Å². The molecule has 0 aromatic heterocycles. The minimum atomic E-state index is -0.364. The summed E-state index contributed by atoms with van der Waals surface area (Å²) in [4.78, 5) is 16.8. The van der Waals surface area contributed by atoms with Gasteiger partial charge in [-0.15, -0.1) is 0 Å². The minimum Gasteiger partial charge on any atom is -0.393 e. The van der Waals surface area contributed by atoms with Gasteiger partial charge in [0.1, 0.15) is 0 Å². The second kappa shape index (κ2) is 6.06. The molecule has 114 valence electrons. The van der Waals surface area contributed by atoms with Crippen LogP contribution in [-0.4, -0.2) is 33.1 Å². The van der Waals surface area contributed by atoms with Crippen molar-refractivity contribution in [3.8, 4) is 0 Å². The summed E-state index contributed by atoms with van der Waals surface area (Å²) < 4.78 is -0.364. The molecule has 2 rings (SSSR count). The largest absolute Gasteiger partial charge is 0.393 e. The van der Waals surface area contributed by atoms with Gasteiger partial charge >= 0.3 is 0 Å². The minimum absolute atomic E-state index is 0.0830. The number of aliphatic hydroxyl groups excluding tert-OH is 1. The van der Waals surface area contributed by atoms with Crippen LogP contribution < -0.4 is 5.32 Å². The summed E-state index contributed by atoms with van der Waals surface area (Å²) in [5.41, 5.74) is 0. The van der Waals surface area contributed by atoms with E-state index in [1.807, 2.05) is 6.92 Å². The van der Waals surface area contributed by atoms with E-state index in [0.717, 1.165) is 30.9 Å². The first kappa shape index (κ1) is 15.8. The summed E-state index contributed by atoms with van der Waals surface area (Å²) in [6.45, 7) is 8.30. The molecular formula is C15H26N2O2S. The van der Waals surface area contributed by atoms with Crippen molar-refractivity contribution in [1.82, 2.24) is 5.32 Å². The van der Waals surface area contributed by atoms with Crippen LogP contribution in [0, 0.1) is 11.8 Å². The second-order valence-electron chi connectivity index (χ2n) is 6.53. The third-order valence-corrected chi connectivity index (χ3v) is 5.81. The maximum Gasteiger partial charge on any atom is 0.242 e. The predicted molar refractivity (Wildman–Crippen MR) is 83.8 cm³/mol. The number of nitrogens with one attached hydrogen (secondary N) is 1. The zero-order valence-electron chi connectivity index (χ0n) is 12.8. The van der Waals surface area contributed by atoms with E-state index in [2.05, 4.69) is 26.1 Å². The fourth-order valence-electron chi connectivity index (χ4n) is 3.09. The SMILES string of the molecule is CCC[C@]1(C)SC(=N[C@H]2C[C@@H](C)[C@@H](O)C[C@H]2C)NC1=O. The van der Waals surface area contributed by atoms with Crippen molar-refractivity contribution in [2.45, 2.75) is 70.3 Å². The van der Waals surface area contributed by atoms with Gasteiger partial charge in [-0.1, -0.05) is 39.0 Å². The van der Waals surface area contributed by atoms with Crippen molar-refractivity contribution in [2.24, 2.45) is 16.8 Å². The third-order valence-electron chi connectivity index (χ3n) is 4.57. The second-order valence-corrected chi connectivity index (χ2v) is 8.02. The summed E-state index contributed by atoms with van der Waals surface area (Å²) in [7, 11) is 0. The van der Waals surface area contributed by atoms with E-state index in [1.54, 1.807) is 11.8 Å². The maximum atomic E-state index is 12.1. The summed E-state index contributed by atoms with van der Waals surface area (Å²) >= 11 is 1.57. The van der Waals surface area contributed by atoms with E-state index < -0.39 is 0 Å². The standard InChI is InChI=1S/C15H26N2O2S/c1-5-6-15(4)13(19)17-14(20-15)16-11-7-10(3)12(18)8-9(11)2/h9-12,18H,5-8H2,1-4H3,(H,16,17,19)/t9-,10-,11+,12+,15+/m1/s1. The van der Waals surface area contributed by atoms with Gasteiger partial charge in [0.05, 0.1) is 16.9 Å². The van der Waals surface area contributed by atoms with Crippen LogP contribution in [0.15, 0.2) is 4.99 Å². The zero-order chi connectivity index (χ0) is 14.9. The highest BCUT2D eigenvalue weighted by Crippen LogP contribution is 2.37. The van der Waals surface area contributed by atoms with E-state index in [-0.39, 0.29) is 28.7 Å². The Bertz CT molecular complexity index is 413. The number of carbonyl (C=O) groups excluding carboxylic acids is 1. The lowest BCUT2D eigenvalue weighted by Gasteiger charge is -2.34. The fraction of sp³-hybridized carbons (Fsp3) is 0.867. The van der Waals surface area contributed by atoms with Crippen LogP contribution in [0.3, 0.4) is 0 Å². The van der Waals surface area contributed by atoms with Gasteiger partial charge in [0, 0.05) is 0 Å². The molecule has 2 aliphatic rings. The Labute approximate surface area is 125 Å². The van der Waals surface area contributed by atoms with E-state index in [1.165, 1.54) is 0 Å². The number of thioether (sulfide) groups is 1. The van der Waals surface area contributed by atoms with Crippen LogP contribution in [0.4, 0.5) is 0 Å². The van der Waals surface area contributed by atoms with Crippen LogP contribution in [0.2, 0.25) is 0 Å². The first-order valence-corrected chi connectivity index (χ1v) is 8.43. The predicted octanol–water partition coefficient (Wildman–Crippen LogP) is 2.56. The average molecular weight is 298 g/mol. The van der Waals surface area contributed by atoms with Crippen LogP contribution in [0.25, 0.3) is 0 Å². The van der Waals surface area contributed by atoms with Crippen molar-refractivity contribution in [3.05, 3.63) is 0 Å². The number of nitrogens with zero attached hydrogens (tertiary/aromatic N) is 1. The van der Waals surface area contributed by atoms with Crippen LogP contribution in [0.1, 0.15) is 53.4 Å². The van der Waals surface area contributed by atoms with Gasteiger partial charge in [0.15, 0.2) is 5.17 Å². The maximum absolute atomic E-state index is 12.1. The molecule has 1 amide bonds. The Morgan fingerprint density at radius 2 is 2.10 bits per heavy atom. The first-order chi connectivity index (χ1) is 9.35. The average Bonchev–Trinajstić information content (AvgIpc) is 2.62. The van der Waals surface area contributed by atoms with Gasteiger partial charge in [-0.25, -0.2) is 0 Å². The summed E-state index contributed by atoms with van der Waals surface area (Å²) in [5, 5.41) is 13.6. The fourth-order valence-corrected chi connectivity index (χ4v) is 4.29. The number of rotatable bonds is 3. The highest BCUT2D eigenvalue weighted by Gasteiger charge is 2.42. The normalized spacial score (nSPS) is 43.9. The van der Waals surface area contributed by atoms with Crippen molar-refractivity contribution < 1.29 is 9.90 Å². The van der Waals surface area contributed by atoms with Gasteiger partial charge in [0.25, 0.3) is 0 Å². The molecule has 5 heteroatoms. The molecule has 1 heterocycles. The molecule has 0 radical (unpaired) electrons. The number of hydrogen-bond donors (Lipinski definition) is 2. The molecule has 0 unspecified atom stereocenters. The summed E-state index contributed by atoms with van der Waals surface area (Å²) in [6.07, 6.45) is 3.35. The number of aliphatic hydroxyl groups is 1. The smallest absolute Gasteiger partial charge is 0.242 e. The Morgan fingerprint density at radius 1 is 1.40 bits per heavy atom. The van der Waals surface area contributed by atoms with Crippen molar-refractivity contribution in [1.29, 1.82) is 0 Å². The lowest BCUT2D eigenvalue weighted by molar-refractivity contribution is -0.121. The highest BCUT2D eigenvalue weighted by atomic mass is 32.2. The molecule has 2 fully saturated rings. The molecule has 1 aliphatic carbocycles. The molecule has 0 aromatic carbocycles. The van der Waals surface area contributed by atoms with Crippen molar-refractivity contribution in [2.75, 3.05) is 0 Å². The molecule has 1 saturated carbocycles. The van der Waals surface area contributed by atoms with Gasteiger partial charge in [-0.3, -0.25) is 9.79 Å².